The van der Waals surface area contributed by atoms with Crippen molar-refractivity contribution in [1.29, 1.82) is 0 Å². The summed E-state index contributed by atoms with van der Waals surface area (Å²) in [6, 6.07) is 5.79. The smallest absolute Gasteiger partial charge is 0.197 e. The summed E-state index contributed by atoms with van der Waals surface area (Å²) in [4.78, 5) is 12.4. The van der Waals surface area contributed by atoms with E-state index < -0.39 is 0 Å². The van der Waals surface area contributed by atoms with E-state index in [4.69, 9.17) is 0 Å². The highest BCUT2D eigenvalue weighted by molar-refractivity contribution is 9.10. The van der Waals surface area contributed by atoms with Crippen molar-refractivity contribution in [3.05, 3.63) is 41.0 Å². The Morgan fingerprint density at radius 3 is 2.50 bits per heavy atom. The van der Waals surface area contributed by atoms with Gasteiger partial charge >= 0.3 is 0 Å². The van der Waals surface area contributed by atoms with Crippen molar-refractivity contribution in [3.8, 4) is 11.3 Å². The molecule has 0 bridgehead atoms. The van der Waals surface area contributed by atoms with Gasteiger partial charge in [-0.05, 0) is 41.1 Å². The fourth-order valence-electron chi connectivity index (χ4n) is 1.20. The van der Waals surface area contributed by atoms with Crippen molar-refractivity contribution in [1.82, 2.24) is 15.0 Å². The van der Waals surface area contributed by atoms with Gasteiger partial charge in [0.1, 0.15) is 0 Å². The van der Waals surface area contributed by atoms with Crippen molar-refractivity contribution in [2.75, 3.05) is 0 Å². The summed E-state index contributed by atoms with van der Waals surface area (Å²) in [6.07, 6.45) is 3.50. The third-order valence-electron chi connectivity index (χ3n) is 1.80. The number of pyridine rings is 1. The molecule has 0 aliphatic heterocycles. The van der Waals surface area contributed by atoms with Gasteiger partial charge in [0.15, 0.2) is 4.73 Å². The van der Waals surface area contributed by atoms with Crippen molar-refractivity contribution in [3.63, 3.8) is 0 Å². The topological polar surface area (TPSA) is 38.7 Å². The summed E-state index contributed by atoms with van der Waals surface area (Å²) in [5.74, 6) is 0. The van der Waals surface area contributed by atoms with Gasteiger partial charge in [-0.3, -0.25) is 4.98 Å². The normalized spacial score (nSPS) is 10.1. The quantitative estimate of drug-likeness (QED) is 0.730. The lowest BCUT2D eigenvalue weighted by Gasteiger charge is -2.01. The van der Waals surface area contributed by atoms with Crippen LogP contribution in [0.5, 0.6) is 0 Å². The van der Waals surface area contributed by atoms with Crippen LogP contribution in [-0.2, 0) is 0 Å². The molecule has 0 amide bonds. The van der Waals surface area contributed by atoms with Gasteiger partial charge in [0, 0.05) is 23.7 Å². The van der Waals surface area contributed by atoms with Crippen LogP contribution < -0.4 is 0 Å². The number of aromatic nitrogens is 3. The van der Waals surface area contributed by atoms with Crippen LogP contribution >= 0.6 is 15.9 Å². The van der Waals surface area contributed by atoms with Gasteiger partial charge in [0.2, 0.25) is 0 Å². The maximum atomic E-state index is 4.28. The van der Waals surface area contributed by atoms with Crippen LogP contribution in [0.3, 0.4) is 0 Å². The number of hydrogen-bond acceptors (Lipinski definition) is 3. The summed E-state index contributed by atoms with van der Waals surface area (Å²) < 4.78 is 0.615. The van der Waals surface area contributed by atoms with E-state index in [2.05, 4.69) is 30.9 Å². The van der Waals surface area contributed by atoms with Crippen molar-refractivity contribution in [2.45, 2.75) is 6.92 Å². The zero-order valence-corrected chi connectivity index (χ0v) is 9.19. The zero-order valence-electron chi connectivity index (χ0n) is 7.61. The minimum Gasteiger partial charge on any atom is -0.265 e. The Bertz CT molecular complexity index is 422. The number of hydrogen-bond donors (Lipinski definition) is 0. The molecular formula is C10H8BrN3. The Balaban J connectivity index is 2.52. The largest absolute Gasteiger partial charge is 0.265 e. The van der Waals surface area contributed by atoms with Crippen LogP contribution in [0, 0.1) is 6.92 Å². The molecule has 0 N–H and O–H groups in total. The molecule has 3 nitrogen and oxygen atoms in total. The molecule has 4 heteroatoms. The summed E-state index contributed by atoms with van der Waals surface area (Å²) in [5.41, 5.74) is 2.90. The summed E-state index contributed by atoms with van der Waals surface area (Å²) >= 11 is 3.27. The fourth-order valence-corrected chi connectivity index (χ4v) is 1.67. The van der Waals surface area contributed by atoms with E-state index in [1.54, 1.807) is 12.4 Å². The van der Waals surface area contributed by atoms with Crippen LogP contribution in [0.15, 0.2) is 35.3 Å². The average Bonchev–Trinajstić information content (AvgIpc) is 2.18. The standard InChI is InChI=1S/C10H8BrN3/c1-7-6-9(14-10(11)13-7)8-2-4-12-5-3-8/h2-6H,1H3. The van der Waals surface area contributed by atoms with E-state index in [0.717, 1.165) is 17.0 Å². The van der Waals surface area contributed by atoms with Gasteiger partial charge in [0.25, 0.3) is 0 Å². The molecule has 0 spiro atoms. The maximum Gasteiger partial charge on any atom is 0.197 e. The first kappa shape index (κ1) is 9.27. The highest BCUT2D eigenvalue weighted by Crippen LogP contribution is 2.17. The van der Waals surface area contributed by atoms with Crippen molar-refractivity contribution >= 4 is 15.9 Å². The molecule has 2 rings (SSSR count). The second kappa shape index (κ2) is 3.84. The first-order valence-electron chi connectivity index (χ1n) is 4.17. The molecular weight excluding hydrogens is 242 g/mol. The number of aryl methyl sites for hydroxylation is 1. The monoisotopic (exact) mass is 249 g/mol. The Kier molecular flexibility index (Phi) is 2.54. The fraction of sp³-hybridized carbons (Fsp3) is 0.100. The minimum absolute atomic E-state index is 0.615. The first-order chi connectivity index (χ1) is 6.75. The zero-order chi connectivity index (χ0) is 9.97. The second-order valence-corrected chi connectivity index (χ2v) is 3.61. The maximum absolute atomic E-state index is 4.28. The van der Waals surface area contributed by atoms with E-state index in [0.29, 0.717) is 4.73 Å². The molecule has 2 aromatic rings. The average molecular weight is 250 g/mol. The lowest BCUT2D eigenvalue weighted by atomic mass is 10.2. The molecule has 0 radical (unpaired) electrons. The van der Waals surface area contributed by atoms with Gasteiger partial charge in [-0.15, -0.1) is 0 Å². The third-order valence-corrected chi connectivity index (χ3v) is 2.16. The molecule has 0 aromatic carbocycles. The van der Waals surface area contributed by atoms with E-state index in [1.165, 1.54) is 0 Å². The molecule has 0 atom stereocenters. The molecule has 70 valence electrons. The SMILES string of the molecule is Cc1cc(-c2ccncc2)nc(Br)n1. The second-order valence-electron chi connectivity index (χ2n) is 2.90. The van der Waals surface area contributed by atoms with Gasteiger partial charge < -0.3 is 0 Å². The van der Waals surface area contributed by atoms with Gasteiger partial charge in [-0.2, -0.15) is 0 Å². The Hall–Kier alpha value is -1.29. The molecule has 0 unspecified atom stereocenters. The van der Waals surface area contributed by atoms with E-state index in [-0.39, 0.29) is 0 Å². The van der Waals surface area contributed by atoms with Crippen LogP contribution in [0.4, 0.5) is 0 Å². The first-order valence-corrected chi connectivity index (χ1v) is 4.96. The highest BCUT2D eigenvalue weighted by atomic mass is 79.9. The Morgan fingerprint density at radius 2 is 1.86 bits per heavy atom. The van der Waals surface area contributed by atoms with Gasteiger partial charge in [-0.1, -0.05) is 0 Å². The summed E-state index contributed by atoms with van der Waals surface area (Å²) in [7, 11) is 0. The molecule has 0 saturated heterocycles. The van der Waals surface area contributed by atoms with E-state index in [1.807, 2.05) is 25.1 Å². The molecule has 0 aliphatic rings. The number of halogens is 1. The predicted molar refractivity (Wildman–Crippen MR) is 57.7 cm³/mol. The van der Waals surface area contributed by atoms with Crippen molar-refractivity contribution < 1.29 is 0 Å². The number of nitrogens with zero attached hydrogens (tertiary/aromatic N) is 3. The van der Waals surface area contributed by atoms with Crippen LogP contribution in [0.25, 0.3) is 11.3 Å². The Labute approximate surface area is 90.4 Å². The minimum atomic E-state index is 0.615. The third kappa shape index (κ3) is 1.96. The molecule has 14 heavy (non-hydrogen) atoms. The van der Waals surface area contributed by atoms with E-state index >= 15 is 0 Å². The van der Waals surface area contributed by atoms with Gasteiger partial charge in [0.05, 0.1) is 5.69 Å². The van der Waals surface area contributed by atoms with Crippen molar-refractivity contribution in [2.24, 2.45) is 0 Å². The molecule has 0 saturated carbocycles. The molecule has 0 fully saturated rings. The predicted octanol–water partition coefficient (Wildman–Crippen LogP) is 2.61. The molecule has 2 heterocycles. The highest BCUT2D eigenvalue weighted by Gasteiger charge is 2.01. The van der Waals surface area contributed by atoms with Crippen LogP contribution in [-0.4, -0.2) is 15.0 Å². The van der Waals surface area contributed by atoms with Crippen LogP contribution in [0.2, 0.25) is 0 Å². The Morgan fingerprint density at radius 1 is 1.14 bits per heavy atom. The molecule has 0 aliphatic carbocycles. The van der Waals surface area contributed by atoms with Gasteiger partial charge in [-0.25, -0.2) is 9.97 Å². The lowest BCUT2D eigenvalue weighted by Crippen LogP contribution is -1.90. The summed E-state index contributed by atoms with van der Waals surface area (Å²) in [6.45, 7) is 1.94. The summed E-state index contributed by atoms with van der Waals surface area (Å²) in [5, 5.41) is 0. The molecule has 2 aromatic heterocycles. The van der Waals surface area contributed by atoms with E-state index in [9.17, 15) is 0 Å². The number of rotatable bonds is 1. The lowest BCUT2D eigenvalue weighted by molar-refractivity contribution is 1.06. The van der Waals surface area contributed by atoms with Crippen LogP contribution in [0.1, 0.15) is 5.69 Å².